The Morgan fingerprint density at radius 3 is 2.04 bits per heavy atom. The van der Waals surface area contributed by atoms with E-state index in [0.717, 1.165) is 22.6 Å². The summed E-state index contributed by atoms with van der Waals surface area (Å²) in [6, 6.07) is 16.4. The number of hydrogen-bond acceptors (Lipinski definition) is 6. The first-order chi connectivity index (χ1) is 13.7. The van der Waals surface area contributed by atoms with Crippen molar-refractivity contribution in [1.29, 1.82) is 0 Å². The van der Waals surface area contributed by atoms with Crippen molar-refractivity contribution in [3.8, 4) is 0 Å². The first kappa shape index (κ1) is 20.5. The first-order valence-corrected chi connectivity index (χ1v) is 11.2. The number of amides is 1. The smallest absolute Gasteiger partial charge is 0.322 e. The Morgan fingerprint density at radius 1 is 0.893 bits per heavy atom. The molecule has 1 heterocycles. The molecule has 1 aromatic heterocycles. The van der Waals surface area contributed by atoms with Crippen molar-refractivity contribution in [3.05, 3.63) is 65.5 Å². The number of carbonyl (C=O) groups is 1. The highest BCUT2D eigenvalue weighted by Gasteiger charge is 2.11. The molecule has 1 amide bonds. The Labute approximate surface area is 173 Å². The van der Waals surface area contributed by atoms with E-state index >= 15 is 0 Å². The van der Waals surface area contributed by atoms with Crippen LogP contribution in [0.1, 0.15) is 30.9 Å². The van der Waals surface area contributed by atoms with Crippen LogP contribution in [0.15, 0.2) is 62.7 Å². The Balaban J connectivity index is 1.52. The second-order valence-corrected chi connectivity index (χ2v) is 8.73. The van der Waals surface area contributed by atoms with E-state index in [4.69, 9.17) is 4.42 Å². The number of hydrogen-bond donors (Lipinski definition) is 1. The van der Waals surface area contributed by atoms with Gasteiger partial charge in [-0.3, -0.25) is 10.1 Å². The van der Waals surface area contributed by atoms with Gasteiger partial charge in [0.2, 0.25) is 11.8 Å². The molecule has 7 heteroatoms. The number of nitrogens with zero attached hydrogens (tertiary/aromatic N) is 2. The third kappa shape index (κ3) is 6.14. The van der Waals surface area contributed by atoms with Crippen LogP contribution in [0.25, 0.3) is 0 Å². The molecule has 0 spiro atoms. The molecule has 146 valence electrons. The first-order valence-electron chi connectivity index (χ1n) is 9.22. The summed E-state index contributed by atoms with van der Waals surface area (Å²) < 4.78 is 5.56. The van der Waals surface area contributed by atoms with E-state index in [1.807, 2.05) is 24.3 Å². The molecule has 0 saturated carbocycles. The zero-order chi connectivity index (χ0) is 19.8. The SMILES string of the molecule is CCSc1ccc(CC(=O)Nc2nnc(Cc3ccc(SCC)cc3)o2)cc1. The summed E-state index contributed by atoms with van der Waals surface area (Å²) in [7, 11) is 0. The van der Waals surface area contributed by atoms with Gasteiger partial charge >= 0.3 is 6.01 Å². The molecule has 3 rings (SSSR count). The van der Waals surface area contributed by atoms with Crippen molar-refractivity contribution in [2.24, 2.45) is 0 Å². The Hall–Kier alpha value is -2.25. The zero-order valence-corrected chi connectivity index (χ0v) is 17.6. The van der Waals surface area contributed by atoms with Crippen LogP contribution in [0.4, 0.5) is 6.01 Å². The van der Waals surface area contributed by atoms with Gasteiger partial charge in [-0.05, 0) is 46.9 Å². The fraction of sp³-hybridized carbons (Fsp3) is 0.286. The lowest BCUT2D eigenvalue weighted by molar-refractivity contribution is -0.115. The lowest BCUT2D eigenvalue weighted by atomic mass is 10.1. The van der Waals surface area contributed by atoms with Crippen LogP contribution >= 0.6 is 23.5 Å². The molecule has 28 heavy (non-hydrogen) atoms. The normalized spacial score (nSPS) is 10.8. The molecule has 0 unspecified atom stereocenters. The fourth-order valence-electron chi connectivity index (χ4n) is 2.64. The van der Waals surface area contributed by atoms with Crippen molar-refractivity contribution in [2.75, 3.05) is 16.8 Å². The number of aromatic nitrogens is 2. The number of carbonyl (C=O) groups excluding carboxylic acids is 1. The third-order valence-corrected chi connectivity index (χ3v) is 5.69. The number of thioether (sulfide) groups is 2. The topological polar surface area (TPSA) is 68.0 Å². The highest BCUT2D eigenvalue weighted by molar-refractivity contribution is 7.99. The highest BCUT2D eigenvalue weighted by atomic mass is 32.2. The van der Waals surface area contributed by atoms with Gasteiger partial charge in [-0.25, -0.2) is 0 Å². The Bertz CT molecular complexity index is 893. The fourth-order valence-corrected chi connectivity index (χ4v) is 3.96. The standard InChI is InChI=1S/C21H23N3O2S2/c1-3-27-17-9-5-15(6-10-17)13-19(25)22-21-24-23-20(26-21)14-16-7-11-18(12-8-16)28-4-2/h5-12H,3-4,13-14H2,1-2H3,(H,22,24,25). The predicted octanol–water partition coefficient (Wildman–Crippen LogP) is 5.07. The van der Waals surface area contributed by atoms with E-state index in [-0.39, 0.29) is 18.3 Å². The Kier molecular flexibility index (Phi) is 7.56. The summed E-state index contributed by atoms with van der Waals surface area (Å²) in [6.45, 7) is 4.25. The van der Waals surface area contributed by atoms with Gasteiger partial charge in [0, 0.05) is 9.79 Å². The zero-order valence-electron chi connectivity index (χ0n) is 16.0. The number of anilines is 1. The average Bonchev–Trinajstić information content (AvgIpc) is 3.12. The summed E-state index contributed by atoms with van der Waals surface area (Å²) in [5, 5.41) is 10.6. The molecule has 0 radical (unpaired) electrons. The van der Waals surface area contributed by atoms with E-state index in [9.17, 15) is 4.79 Å². The maximum atomic E-state index is 12.2. The monoisotopic (exact) mass is 413 g/mol. The van der Waals surface area contributed by atoms with E-state index < -0.39 is 0 Å². The van der Waals surface area contributed by atoms with Crippen LogP contribution < -0.4 is 5.32 Å². The summed E-state index contributed by atoms with van der Waals surface area (Å²) in [5.74, 6) is 2.38. The second kappa shape index (κ2) is 10.3. The quantitative estimate of drug-likeness (QED) is 0.494. The maximum absolute atomic E-state index is 12.2. The third-order valence-electron chi connectivity index (χ3n) is 3.90. The molecular weight excluding hydrogens is 390 g/mol. The van der Waals surface area contributed by atoms with Crippen LogP contribution in [0.3, 0.4) is 0 Å². The van der Waals surface area contributed by atoms with Gasteiger partial charge in [-0.15, -0.1) is 28.6 Å². The summed E-state index contributed by atoms with van der Waals surface area (Å²) in [6.07, 6.45) is 0.807. The van der Waals surface area contributed by atoms with Crippen molar-refractivity contribution < 1.29 is 9.21 Å². The molecule has 5 nitrogen and oxygen atoms in total. The minimum atomic E-state index is -0.174. The molecule has 1 N–H and O–H groups in total. The van der Waals surface area contributed by atoms with Gasteiger partial charge in [0.05, 0.1) is 12.8 Å². The van der Waals surface area contributed by atoms with Gasteiger partial charge in [0.1, 0.15) is 0 Å². The summed E-state index contributed by atoms with van der Waals surface area (Å²) >= 11 is 3.58. The molecule has 0 aliphatic heterocycles. The van der Waals surface area contributed by atoms with E-state index in [1.165, 1.54) is 9.79 Å². The summed E-state index contributed by atoms with van der Waals surface area (Å²) in [4.78, 5) is 14.7. The number of rotatable bonds is 9. The molecule has 3 aromatic rings. The largest absolute Gasteiger partial charge is 0.407 e. The van der Waals surface area contributed by atoms with E-state index in [0.29, 0.717) is 12.3 Å². The number of nitrogens with one attached hydrogen (secondary N) is 1. The average molecular weight is 414 g/mol. The lowest BCUT2D eigenvalue weighted by Crippen LogP contribution is -2.14. The second-order valence-electron chi connectivity index (χ2n) is 6.06. The van der Waals surface area contributed by atoms with Crippen LogP contribution in [-0.4, -0.2) is 27.6 Å². The van der Waals surface area contributed by atoms with Crippen molar-refractivity contribution in [1.82, 2.24) is 10.2 Å². The van der Waals surface area contributed by atoms with Gasteiger partial charge in [0.15, 0.2) is 0 Å². The molecule has 0 aliphatic carbocycles. The van der Waals surface area contributed by atoms with Gasteiger partial charge < -0.3 is 4.42 Å². The Morgan fingerprint density at radius 2 is 1.46 bits per heavy atom. The molecule has 0 aliphatic rings. The number of benzene rings is 2. The van der Waals surface area contributed by atoms with Crippen molar-refractivity contribution in [2.45, 2.75) is 36.5 Å². The lowest BCUT2D eigenvalue weighted by Gasteiger charge is -2.03. The predicted molar refractivity (Wildman–Crippen MR) is 115 cm³/mol. The van der Waals surface area contributed by atoms with Crippen LogP contribution in [0.2, 0.25) is 0 Å². The van der Waals surface area contributed by atoms with Crippen molar-refractivity contribution >= 4 is 35.4 Å². The maximum Gasteiger partial charge on any atom is 0.322 e. The van der Waals surface area contributed by atoms with Crippen LogP contribution in [0, 0.1) is 0 Å². The molecule has 0 atom stereocenters. The van der Waals surface area contributed by atoms with Gasteiger partial charge in [-0.1, -0.05) is 43.2 Å². The highest BCUT2D eigenvalue weighted by Crippen LogP contribution is 2.20. The minimum Gasteiger partial charge on any atom is -0.407 e. The molecule has 0 bridgehead atoms. The van der Waals surface area contributed by atoms with Crippen LogP contribution in [0.5, 0.6) is 0 Å². The van der Waals surface area contributed by atoms with E-state index in [2.05, 4.69) is 53.6 Å². The van der Waals surface area contributed by atoms with Gasteiger partial charge in [0.25, 0.3) is 0 Å². The van der Waals surface area contributed by atoms with E-state index in [1.54, 1.807) is 23.5 Å². The molecule has 0 fully saturated rings. The van der Waals surface area contributed by atoms with Crippen molar-refractivity contribution in [3.63, 3.8) is 0 Å². The minimum absolute atomic E-state index is 0.135. The van der Waals surface area contributed by atoms with Crippen LogP contribution in [-0.2, 0) is 17.6 Å². The summed E-state index contributed by atoms with van der Waals surface area (Å²) in [5.41, 5.74) is 2.04. The molecule has 0 saturated heterocycles. The molecule has 2 aromatic carbocycles. The molecular formula is C21H23N3O2S2. The van der Waals surface area contributed by atoms with Gasteiger partial charge in [-0.2, -0.15) is 0 Å².